The minimum absolute atomic E-state index is 0.230. The average Bonchev–Trinajstić information content (AvgIpc) is 2.74. The van der Waals surface area contributed by atoms with Crippen LogP contribution in [0.25, 0.3) is 11.0 Å². The second kappa shape index (κ2) is 7.15. The fraction of sp³-hybridized carbons (Fsp3) is 0.579. The lowest BCUT2D eigenvalue weighted by Gasteiger charge is -2.27. The third-order valence-corrected chi connectivity index (χ3v) is 4.65. The Hall–Kier alpha value is -2.28. The fourth-order valence-corrected chi connectivity index (χ4v) is 3.30. The van der Waals surface area contributed by atoms with Gasteiger partial charge >= 0.3 is 6.09 Å². The van der Waals surface area contributed by atoms with E-state index < -0.39 is 5.60 Å². The molecule has 142 valence electrons. The van der Waals surface area contributed by atoms with Gasteiger partial charge in [-0.3, -0.25) is 0 Å². The van der Waals surface area contributed by atoms with Crippen LogP contribution < -0.4 is 10.6 Å². The van der Waals surface area contributed by atoms with Crippen LogP contribution >= 0.6 is 0 Å². The normalized spacial score (nSPS) is 16.0. The molecule has 1 aromatic heterocycles. The predicted molar refractivity (Wildman–Crippen MR) is 103 cm³/mol. The van der Waals surface area contributed by atoms with Crippen LogP contribution in [0.15, 0.2) is 18.2 Å². The summed E-state index contributed by atoms with van der Waals surface area (Å²) in [5, 5.41) is 0. The van der Waals surface area contributed by atoms with Gasteiger partial charge in [0, 0.05) is 38.9 Å². The molecule has 1 aliphatic heterocycles. The highest BCUT2D eigenvalue weighted by Crippen LogP contribution is 2.24. The van der Waals surface area contributed by atoms with Gasteiger partial charge in [0.1, 0.15) is 11.4 Å². The number of fused-ring (bicyclic) bond motifs is 1. The van der Waals surface area contributed by atoms with Crippen molar-refractivity contribution in [1.82, 2.24) is 14.5 Å². The molecule has 2 aromatic rings. The van der Waals surface area contributed by atoms with Gasteiger partial charge in [-0.25, -0.2) is 9.78 Å². The molecule has 1 aromatic carbocycles. The number of imidazole rings is 1. The summed E-state index contributed by atoms with van der Waals surface area (Å²) in [5.74, 6) is 0.879. The van der Waals surface area contributed by atoms with Crippen LogP contribution in [0.5, 0.6) is 0 Å². The predicted octanol–water partition coefficient (Wildman–Crippen LogP) is 2.48. The Morgan fingerprint density at radius 1 is 1.23 bits per heavy atom. The highest BCUT2D eigenvalue weighted by Gasteiger charge is 2.24. The molecular formula is C19H29N5O2. The number of rotatable bonds is 2. The van der Waals surface area contributed by atoms with Gasteiger partial charge in [-0.2, -0.15) is 0 Å². The summed E-state index contributed by atoms with van der Waals surface area (Å²) in [7, 11) is 1.99. The molecule has 0 unspecified atom stereocenters. The van der Waals surface area contributed by atoms with Gasteiger partial charge in [0.05, 0.1) is 17.6 Å². The number of anilines is 1. The van der Waals surface area contributed by atoms with E-state index in [0.29, 0.717) is 19.6 Å². The highest BCUT2D eigenvalue weighted by atomic mass is 16.6. The lowest BCUT2D eigenvalue weighted by atomic mass is 10.2. The minimum atomic E-state index is -0.464. The number of hydrogen-bond acceptors (Lipinski definition) is 5. The number of aryl methyl sites for hydroxylation is 1. The molecule has 1 amide bonds. The number of amides is 1. The number of hydrogen-bond donors (Lipinski definition) is 1. The molecule has 1 saturated heterocycles. The van der Waals surface area contributed by atoms with E-state index >= 15 is 0 Å². The standard InChI is InChI=1S/C19H29N5O2/c1-19(2,3)26-18(25)24-9-5-8-23(10-11-24)14-6-7-16-15(12-14)21-17(13-20)22(16)4/h6-7,12H,5,8-11,13,20H2,1-4H3. The molecule has 26 heavy (non-hydrogen) atoms. The molecule has 0 atom stereocenters. The maximum absolute atomic E-state index is 12.3. The van der Waals surface area contributed by atoms with E-state index in [-0.39, 0.29) is 6.09 Å². The number of nitrogens with zero attached hydrogens (tertiary/aromatic N) is 4. The molecule has 0 radical (unpaired) electrons. The summed E-state index contributed by atoms with van der Waals surface area (Å²) in [5.41, 5.74) is 8.47. The fourth-order valence-electron chi connectivity index (χ4n) is 3.30. The van der Waals surface area contributed by atoms with E-state index in [2.05, 4.69) is 28.1 Å². The summed E-state index contributed by atoms with van der Waals surface area (Å²) in [4.78, 5) is 21.0. The highest BCUT2D eigenvalue weighted by molar-refractivity contribution is 5.80. The molecule has 0 spiro atoms. The van der Waals surface area contributed by atoms with Crippen molar-refractivity contribution >= 4 is 22.8 Å². The Kier molecular flexibility index (Phi) is 5.09. The quantitative estimate of drug-likeness (QED) is 0.891. The first-order chi connectivity index (χ1) is 12.3. The second-order valence-electron chi connectivity index (χ2n) is 7.77. The SMILES string of the molecule is Cn1c(CN)nc2cc(N3CCCN(C(=O)OC(C)(C)C)CC3)ccc21. The zero-order chi connectivity index (χ0) is 18.9. The number of nitrogens with two attached hydrogens (primary N) is 1. The zero-order valence-corrected chi connectivity index (χ0v) is 16.2. The van der Waals surface area contributed by atoms with Crippen molar-refractivity contribution in [2.45, 2.75) is 39.3 Å². The number of benzene rings is 1. The smallest absolute Gasteiger partial charge is 0.410 e. The van der Waals surface area contributed by atoms with Crippen LogP contribution in [0.2, 0.25) is 0 Å². The van der Waals surface area contributed by atoms with Crippen LogP contribution in [0.4, 0.5) is 10.5 Å². The van der Waals surface area contributed by atoms with Crippen molar-refractivity contribution in [3.8, 4) is 0 Å². The van der Waals surface area contributed by atoms with E-state index in [1.807, 2.05) is 32.4 Å². The molecule has 2 N–H and O–H groups in total. The number of aromatic nitrogens is 2. The number of ether oxygens (including phenoxy) is 1. The maximum atomic E-state index is 12.3. The van der Waals surface area contributed by atoms with Crippen molar-refractivity contribution in [2.75, 3.05) is 31.1 Å². The molecule has 1 aliphatic rings. The number of carbonyl (C=O) groups is 1. The lowest BCUT2D eigenvalue weighted by Crippen LogP contribution is -2.39. The Labute approximate surface area is 154 Å². The summed E-state index contributed by atoms with van der Waals surface area (Å²) in [6.45, 7) is 9.17. The van der Waals surface area contributed by atoms with Gasteiger partial charge < -0.3 is 24.8 Å². The van der Waals surface area contributed by atoms with E-state index in [4.69, 9.17) is 10.5 Å². The van der Waals surface area contributed by atoms with Crippen molar-refractivity contribution in [3.63, 3.8) is 0 Å². The topological polar surface area (TPSA) is 76.6 Å². The molecular weight excluding hydrogens is 330 g/mol. The Morgan fingerprint density at radius 3 is 2.69 bits per heavy atom. The summed E-state index contributed by atoms with van der Waals surface area (Å²) < 4.78 is 7.54. The van der Waals surface area contributed by atoms with Gasteiger partial charge in [-0.05, 0) is 45.4 Å². The van der Waals surface area contributed by atoms with Crippen LogP contribution in [0.3, 0.4) is 0 Å². The van der Waals surface area contributed by atoms with Crippen LogP contribution in [0.1, 0.15) is 33.0 Å². The average molecular weight is 359 g/mol. The Morgan fingerprint density at radius 2 is 2.00 bits per heavy atom. The van der Waals surface area contributed by atoms with E-state index in [0.717, 1.165) is 42.1 Å². The van der Waals surface area contributed by atoms with Crippen LogP contribution in [-0.4, -0.2) is 52.3 Å². The maximum Gasteiger partial charge on any atom is 0.410 e. The number of carbonyl (C=O) groups excluding carboxylic acids is 1. The van der Waals surface area contributed by atoms with Gasteiger partial charge in [0.25, 0.3) is 0 Å². The molecule has 1 fully saturated rings. The Balaban J connectivity index is 1.73. The molecule has 7 nitrogen and oxygen atoms in total. The molecule has 7 heteroatoms. The Bertz CT molecular complexity index is 793. The van der Waals surface area contributed by atoms with Crippen molar-refractivity contribution in [1.29, 1.82) is 0 Å². The molecule has 2 heterocycles. The second-order valence-corrected chi connectivity index (χ2v) is 7.77. The first-order valence-corrected chi connectivity index (χ1v) is 9.17. The summed E-state index contributed by atoms with van der Waals surface area (Å²) in [6, 6.07) is 6.32. The summed E-state index contributed by atoms with van der Waals surface area (Å²) in [6.07, 6.45) is 0.681. The largest absolute Gasteiger partial charge is 0.444 e. The van der Waals surface area contributed by atoms with E-state index in [1.54, 1.807) is 4.90 Å². The molecule has 3 rings (SSSR count). The monoisotopic (exact) mass is 359 g/mol. The van der Waals surface area contributed by atoms with E-state index in [1.165, 1.54) is 0 Å². The van der Waals surface area contributed by atoms with E-state index in [9.17, 15) is 4.79 Å². The third-order valence-electron chi connectivity index (χ3n) is 4.65. The lowest BCUT2D eigenvalue weighted by molar-refractivity contribution is 0.0263. The summed E-state index contributed by atoms with van der Waals surface area (Å²) >= 11 is 0. The zero-order valence-electron chi connectivity index (χ0n) is 16.2. The van der Waals surface area contributed by atoms with Gasteiger partial charge in [0.15, 0.2) is 0 Å². The van der Waals surface area contributed by atoms with Crippen molar-refractivity contribution < 1.29 is 9.53 Å². The van der Waals surface area contributed by atoms with Crippen LogP contribution in [0, 0.1) is 0 Å². The molecule has 0 aliphatic carbocycles. The minimum Gasteiger partial charge on any atom is -0.444 e. The van der Waals surface area contributed by atoms with Gasteiger partial charge in [-0.1, -0.05) is 0 Å². The van der Waals surface area contributed by atoms with Crippen LogP contribution in [-0.2, 0) is 18.3 Å². The molecule has 0 bridgehead atoms. The van der Waals surface area contributed by atoms with Crippen molar-refractivity contribution in [2.24, 2.45) is 12.8 Å². The molecule has 0 saturated carbocycles. The third kappa shape index (κ3) is 3.93. The van der Waals surface area contributed by atoms with Gasteiger partial charge in [0.2, 0.25) is 0 Å². The first kappa shape index (κ1) is 18.5. The van der Waals surface area contributed by atoms with Crippen molar-refractivity contribution in [3.05, 3.63) is 24.0 Å². The first-order valence-electron chi connectivity index (χ1n) is 9.17. The van der Waals surface area contributed by atoms with Gasteiger partial charge in [-0.15, -0.1) is 0 Å².